The lowest BCUT2D eigenvalue weighted by molar-refractivity contribution is -0.250. The van der Waals surface area contributed by atoms with E-state index in [2.05, 4.69) is 13.5 Å². The van der Waals surface area contributed by atoms with Crippen LogP contribution >= 0.6 is 0 Å². The molecule has 4 heteroatoms. The lowest BCUT2D eigenvalue weighted by Crippen LogP contribution is -2.48. The van der Waals surface area contributed by atoms with Gasteiger partial charge in [0.2, 0.25) is 0 Å². The molecule has 0 aromatic carbocycles. The van der Waals surface area contributed by atoms with Crippen LogP contribution in [0.3, 0.4) is 0 Å². The van der Waals surface area contributed by atoms with Crippen LogP contribution in [-0.4, -0.2) is 35.0 Å². The Kier molecular flexibility index (Phi) is 3.58. The molecule has 18 heavy (non-hydrogen) atoms. The molecule has 0 spiro atoms. The lowest BCUT2D eigenvalue weighted by atomic mass is 9.79. The van der Waals surface area contributed by atoms with E-state index in [4.69, 9.17) is 14.2 Å². The molecular weight excluding hydrogens is 232 g/mol. The van der Waals surface area contributed by atoms with E-state index < -0.39 is 17.5 Å². The van der Waals surface area contributed by atoms with Crippen LogP contribution in [0.15, 0.2) is 12.7 Å². The van der Waals surface area contributed by atoms with Crippen molar-refractivity contribution in [1.82, 2.24) is 0 Å². The molecule has 0 aromatic rings. The van der Waals surface area contributed by atoms with Crippen molar-refractivity contribution in [3.63, 3.8) is 0 Å². The van der Waals surface area contributed by atoms with Gasteiger partial charge in [-0.15, -0.1) is 6.58 Å². The number of hydrogen-bond donors (Lipinski definition) is 1. The second-order valence-electron chi connectivity index (χ2n) is 5.72. The summed E-state index contributed by atoms with van der Waals surface area (Å²) < 4.78 is 17.7. The first-order valence-corrected chi connectivity index (χ1v) is 6.68. The van der Waals surface area contributed by atoms with Gasteiger partial charge in [0.15, 0.2) is 12.1 Å². The Bertz CT molecular complexity index is 328. The maximum Gasteiger partial charge on any atom is 0.188 e. The first-order valence-electron chi connectivity index (χ1n) is 6.68. The fourth-order valence-corrected chi connectivity index (χ4v) is 3.17. The van der Waals surface area contributed by atoms with Crippen molar-refractivity contribution >= 4 is 0 Å². The standard InChI is InChI=1S/C14H24O4/c1-6-8-10(15)14(7-2)9(3)11-12(18-14)17-13(4,5)16-11/h6,9-12,15H,1,7-8H2,2-5H3/t9-,10+,11-,12+,14?/m1/s1. The van der Waals surface area contributed by atoms with Crippen molar-refractivity contribution in [2.45, 2.75) is 70.4 Å². The van der Waals surface area contributed by atoms with E-state index >= 15 is 0 Å². The SMILES string of the molecule is C=CC[C@H](O)C1(CC)O[C@@H]2OC(C)(C)O[C@@H]2[C@H]1C. The number of aliphatic hydroxyl groups is 1. The van der Waals surface area contributed by atoms with Crippen LogP contribution in [0.5, 0.6) is 0 Å². The summed E-state index contributed by atoms with van der Waals surface area (Å²) in [6, 6.07) is 0. The monoisotopic (exact) mass is 256 g/mol. The third-order valence-electron chi connectivity index (χ3n) is 4.19. The maximum absolute atomic E-state index is 10.3. The average Bonchev–Trinajstić information content (AvgIpc) is 2.72. The molecule has 0 aliphatic carbocycles. The van der Waals surface area contributed by atoms with Gasteiger partial charge in [0, 0.05) is 5.92 Å². The molecule has 0 saturated carbocycles. The van der Waals surface area contributed by atoms with E-state index in [1.54, 1.807) is 6.08 Å². The average molecular weight is 256 g/mol. The largest absolute Gasteiger partial charge is 0.390 e. The number of ether oxygens (including phenoxy) is 3. The predicted octanol–water partition coefficient (Wildman–Crippen LogP) is 2.22. The van der Waals surface area contributed by atoms with Crippen molar-refractivity contribution in [2.75, 3.05) is 0 Å². The number of hydrogen-bond acceptors (Lipinski definition) is 4. The fraction of sp³-hybridized carbons (Fsp3) is 0.857. The first kappa shape index (κ1) is 14.0. The Morgan fingerprint density at radius 3 is 2.50 bits per heavy atom. The molecule has 1 N–H and O–H groups in total. The van der Waals surface area contributed by atoms with Crippen LogP contribution in [0.25, 0.3) is 0 Å². The summed E-state index contributed by atoms with van der Waals surface area (Å²) in [5.41, 5.74) is -0.597. The normalized spacial score (nSPS) is 43.7. The molecule has 2 aliphatic rings. The molecule has 0 bridgehead atoms. The van der Waals surface area contributed by atoms with E-state index in [9.17, 15) is 5.11 Å². The molecule has 104 valence electrons. The smallest absolute Gasteiger partial charge is 0.188 e. The second kappa shape index (κ2) is 4.60. The van der Waals surface area contributed by atoms with Gasteiger partial charge in [-0.3, -0.25) is 0 Å². The molecule has 2 aliphatic heterocycles. The quantitative estimate of drug-likeness (QED) is 0.783. The summed E-state index contributed by atoms with van der Waals surface area (Å²) in [7, 11) is 0. The van der Waals surface area contributed by atoms with Gasteiger partial charge in [-0.2, -0.15) is 0 Å². The first-order chi connectivity index (χ1) is 8.36. The van der Waals surface area contributed by atoms with Gasteiger partial charge in [-0.05, 0) is 26.7 Å². The molecule has 2 heterocycles. The van der Waals surface area contributed by atoms with Crippen LogP contribution in [0, 0.1) is 5.92 Å². The molecular formula is C14H24O4. The van der Waals surface area contributed by atoms with Crippen molar-refractivity contribution < 1.29 is 19.3 Å². The highest BCUT2D eigenvalue weighted by molar-refractivity contribution is 5.05. The number of fused-ring (bicyclic) bond motifs is 1. The van der Waals surface area contributed by atoms with Crippen LogP contribution in [0.2, 0.25) is 0 Å². The van der Waals surface area contributed by atoms with Gasteiger partial charge in [-0.1, -0.05) is 19.9 Å². The zero-order valence-corrected chi connectivity index (χ0v) is 11.7. The highest BCUT2D eigenvalue weighted by atomic mass is 16.8. The fourth-order valence-electron chi connectivity index (χ4n) is 3.17. The van der Waals surface area contributed by atoms with Gasteiger partial charge in [0.25, 0.3) is 0 Å². The van der Waals surface area contributed by atoms with Gasteiger partial charge in [-0.25, -0.2) is 0 Å². The molecule has 2 rings (SSSR count). The highest BCUT2D eigenvalue weighted by Gasteiger charge is 2.61. The highest BCUT2D eigenvalue weighted by Crippen LogP contribution is 2.49. The summed E-state index contributed by atoms with van der Waals surface area (Å²) in [5.74, 6) is -0.517. The van der Waals surface area contributed by atoms with Gasteiger partial charge in [0.05, 0.1) is 6.10 Å². The van der Waals surface area contributed by atoms with Crippen LogP contribution in [0.4, 0.5) is 0 Å². The van der Waals surface area contributed by atoms with E-state index in [1.807, 2.05) is 20.8 Å². The number of rotatable bonds is 4. The molecule has 4 nitrogen and oxygen atoms in total. The Balaban J connectivity index is 2.20. The minimum atomic E-state index is -0.604. The molecule has 0 radical (unpaired) electrons. The third-order valence-corrected chi connectivity index (χ3v) is 4.19. The Morgan fingerprint density at radius 2 is 2.00 bits per heavy atom. The maximum atomic E-state index is 10.3. The van der Waals surface area contributed by atoms with E-state index in [1.165, 1.54) is 0 Å². The van der Waals surface area contributed by atoms with E-state index in [0.29, 0.717) is 6.42 Å². The minimum absolute atomic E-state index is 0.0872. The van der Waals surface area contributed by atoms with E-state index in [0.717, 1.165) is 6.42 Å². The molecule has 0 amide bonds. The zero-order valence-electron chi connectivity index (χ0n) is 11.7. The van der Waals surface area contributed by atoms with Gasteiger partial charge in [0.1, 0.15) is 11.7 Å². The summed E-state index contributed by atoms with van der Waals surface area (Å²) in [6.07, 6.45) is 1.90. The van der Waals surface area contributed by atoms with E-state index in [-0.39, 0.29) is 18.3 Å². The van der Waals surface area contributed by atoms with Crippen molar-refractivity contribution in [3.8, 4) is 0 Å². The number of aliphatic hydroxyl groups excluding tert-OH is 1. The molecule has 1 unspecified atom stereocenters. The van der Waals surface area contributed by atoms with Crippen molar-refractivity contribution in [3.05, 3.63) is 12.7 Å². The molecule has 2 fully saturated rings. The topological polar surface area (TPSA) is 47.9 Å². The van der Waals surface area contributed by atoms with Crippen LogP contribution in [0.1, 0.15) is 40.5 Å². The third kappa shape index (κ3) is 2.01. The summed E-state index contributed by atoms with van der Waals surface area (Å²) in [5, 5.41) is 10.3. The molecule has 2 saturated heterocycles. The Hall–Kier alpha value is -0.420. The van der Waals surface area contributed by atoms with Crippen LogP contribution in [-0.2, 0) is 14.2 Å². The Morgan fingerprint density at radius 1 is 1.33 bits per heavy atom. The van der Waals surface area contributed by atoms with Gasteiger partial charge >= 0.3 is 0 Å². The summed E-state index contributed by atoms with van der Waals surface area (Å²) in [6.45, 7) is 11.5. The molecule has 0 aromatic heterocycles. The van der Waals surface area contributed by atoms with Crippen molar-refractivity contribution in [2.24, 2.45) is 5.92 Å². The second-order valence-corrected chi connectivity index (χ2v) is 5.72. The summed E-state index contributed by atoms with van der Waals surface area (Å²) in [4.78, 5) is 0. The minimum Gasteiger partial charge on any atom is -0.390 e. The lowest BCUT2D eigenvalue weighted by Gasteiger charge is -2.38. The summed E-state index contributed by atoms with van der Waals surface area (Å²) >= 11 is 0. The Labute approximate surface area is 109 Å². The van der Waals surface area contributed by atoms with Crippen molar-refractivity contribution in [1.29, 1.82) is 0 Å². The predicted molar refractivity (Wildman–Crippen MR) is 67.9 cm³/mol. The molecule has 5 atom stereocenters. The van der Waals surface area contributed by atoms with Gasteiger partial charge < -0.3 is 19.3 Å². The zero-order chi connectivity index (χ0) is 13.6. The van der Waals surface area contributed by atoms with Crippen LogP contribution < -0.4 is 0 Å².